The van der Waals surface area contributed by atoms with Gasteiger partial charge < -0.3 is 15.4 Å². The summed E-state index contributed by atoms with van der Waals surface area (Å²) in [6.07, 6.45) is -0.0803. The SMILES string of the molecule is CC(C)OC(=O)CCNC(=O)C(NC(=O)c1ccccc1)C(C)C. The van der Waals surface area contributed by atoms with E-state index >= 15 is 0 Å². The van der Waals surface area contributed by atoms with Gasteiger partial charge in [-0.2, -0.15) is 0 Å². The molecule has 0 radical (unpaired) electrons. The van der Waals surface area contributed by atoms with Crippen LogP contribution >= 0.6 is 0 Å². The Hall–Kier alpha value is -2.37. The molecule has 0 aliphatic heterocycles. The molecule has 1 unspecified atom stereocenters. The van der Waals surface area contributed by atoms with Gasteiger partial charge in [0.05, 0.1) is 12.5 Å². The normalized spacial score (nSPS) is 11.9. The van der Waals surface area contributed by atoms with E-state index in [0.29, 0.717) is 5.56 Å². The zero-order chi connectivity index (χ0) is 18.1. The third-order valence-corrected chi connectivity index (χ3v) is 3.27. The summed E-state index contributed by atoms with van der Waals surface area (Å²) in [4.78, 5) is 35.9. The highest BCUT2D eigenvalue weighted by Crippen LogP contribution is 2.05. The molecule has 0 saturated heterocycles. The number of ether oxygens (including phenoxy) is 1. The van der Waals surface area contributed by atoms with Crippen molar-refractivity contribution < 1.29 is 19.1 Å². The van der Waals surface area contributed by atoms with Crippen molar-refractivity contribution in [1.29, 1.82) is 0 Å². The van der Waals surface area contributed by atoms with Gasteiger partial charge in [-0.25, -0.2) is 0 Å². The van der Waals surface area contributed by atoms with Crippen LogP contribution in [0.1, 0.15) is 44.5 Å². The number of hydrogen-bond acceptors (Lipinski definition) is 4. The van der Waals surface area contributed by atoms with Crippen LogP contribution in [-0.4, -0.2) is 36.5 Å². The maximum atomic E-state index is 12.3. The summed E-state index contributed by atoms with van der Waals surface area (Å²) in [5, 5.41) is 5.41. The van der Waals surface area contributed by atoms with Crippen LogP contribution in [0.15, 0.2) is 30.3 Å². The van der Waals surface area contributed by atoms with E-state index < -0.39 is 6.04 Å². The minimum atomic E-state index is -0.668. The molecule has 1 atom stereocenters. The van der Waals surface area contributed by atoms with Crippen LogP contribution < -0.4 is 10.6 Å². The summed E-state index contributed by atoms with van der Waals surface area (Å²) in [6, 6.07) is 8.05. The molecule has 2 amide bonds. The van der Waals surface area contributed by atoms with Crippen molar-refractivity contribution in [2.75, 3.05) is 6.54 Å². The van der Waals surface area contributed by atoms with Crippen LogP contribution in [0.5, 0.6) is 0 Å². The molecule has 0 fully saturated rings. The Bertz CT molecular complexity index is 555. The van der Waals surface area contributed by atoms with Crippen LogP contribution in [0.25, 0.3) is 0 Å². The maximum Gasteiger partial charge on any atom is 0.307 e. The Kier molecular flexibility index (Phi) is 7.95. The van der Waals surface area contributed by atoms with Crippen molar-refractivity contribution in [2.45, 2.75) is 46.3 Å². The van der Waals surface area contributed by atoms with Crippen molar-refractivity contribution in [2.24, 2.45) is 5.92 Å². The topological polar surface area (TPSA) is 84.5 Å². The molecule has 0 aliphatic rings. The van der Waals surface area contributed by atoms with Gasteiger partial charge in [0.1, 0.15) is 6.04 Å². The Labute approximate surface area is 143 Å². The molecule has 6 heteroatoms. The Morgan fingerprint density at radius 3 is 2.21 bits per heavy atom. The molecule has 0 saturated carbocycles. The Morgan fingerprint density at radius 2 is 1.67 bits per heavy atom. The zero-order valence-corrected chi connectivity index (χ0v) is 14.7. The molecule has 1 rings (SSSR count). The highest BCUT2D eigenvalue weighted by molar-refractivity contribution is 5.97. The van der Waals surface area contributed by atoms with E-state index in [1.807, 2.05) is 19.9 Å². The number of carbonyl (C=O) groups is 3. The first-order valence-corrected chi connectivity index (χ1v) is 8.14. The lowest BCUT2D eigenvalue weighted by atomic mass is 10.0. The van der Waals surface area contributed by atoms with E-state index in [4.69, 9.17) is 4.74 Å². The molecule has 2 N–H and O–H groups in total. The van der Waals surface area contributed by atoms with E-state index in [1.54, 1.807) is 38.1 Å². The number of hydrogen-bond donors (Lipinski definition) is 2. The molecule has 0 bridgehead atoms. The quantitative estimate of drug-likeness (QED) is 0.711. The molecule has 0 aromatic heterocycles. The van der Waals surface area contributed by atoms with Crippen LogP contribution in [0.3, 0.4) is 0 Å². The van der Waals surface area contributed by atoms with E-state index in [2.05, 4.69) is 10.6 Å². The summed E-state index contributed by atoms with van der Waals surface area (Å²) in [5.74, 6) is -1.06. The molecule has 6 nitrogen and oxygen atoms in total. The molecule has 24 heavy (non-hydrogen) atoms. The van der Waals surface area contributed by atoms with Gasteiger partial charge in [-0.05, 0) is 31.9 Å². The summed E-state index contributed by atoms with van der Waals surface area (Å²) in [7, 11) is 0. The highest BCUT2D eigenvalue weighted by atomic mass is 16.5. The van der Waals surface area contributed by atoms with Crippen molar-refractivity contribution in [3.05, 3.63) is 35.9 Å². The Balaban J connectivity index is 2.53. The van der Waals surface area contributed by atoms with Gasteiger partial charge in [0.2, 0.25) is 5.91 Å². The average Bonchev–Trinajstić information content (AvgIpc) is 2.52. The second kappa shape index (κ2) is 9.70. The molecular weight excluding hydrogens is 308 g/mol. The summed E-state index contributed by atoms with van der Waals surface area (Å²) in [5.41, 5.74) is 0.497. The predicted octanol–water partition coefficient (Wildman–Crippen LogP) is 1.90. The van der Waals surface area contributed by atoms with Gasteiger partial charge in [-0.15, -0.1) is 0 Å². The largest absolute Gasteiger partial charge is 0.463 e. The number of rotatable bonds is 8. The molecule has 1 aromatic rings. The average molecular weight is 334 g/mol. The number of nitrogens with one attached hydrogen (secondary N) is 2. The van der Waals surface area contributed by atoms with E-state index in [-0.39, 0.29) is 42.8 Å². The second-order valence-corrected chi connectivity index (χ2v) is 6.14. The molecule has 0 aliphatic carbocycles. The fourth-order valence-electron chi connectivity index (χ4n) is 2.07. The van der Waals surface area contributed by atoms with Crippen molar-refractivity contribution >= 4 is 17.8 Å². The van der Waals surface area contributed by atoms with Crippen molar-refractivity contribution in [1.82, 2.24) is 10.6 Å². The first-order chi connectivity index (χ1) is 11.3. The first kappa shape index (κ1) is 19.7. The van der Waals surface area contributed by atoms with Gasteiger partial charge in [0, 0.05) is 12.1 Å². The molecule has 132 valence electrons. The number of esters is 1. The first-order valence-electron chi connectivity index (χ1n) is 8.14. The number of carbonyl (C=O) groups excluding carboxylic acids is 3. The van der Waals surface area contributed by atoms with Gasteiger partial charge in [0.25, 0.3) is 5.91 Å². The van der Waals surface area contributed by atoms with Gasteiger partial charge in [-0.3, -0.25) is 14.4 Å². The van der Waals surface area contributed by atoms with Gasteiger partial charge in [0.15, 0.2) is 0 Å². The molecule has 1 aromatic carbocycles. The molecular formula is C18H26N2O4. The highest BCUT2D eigenvalue weighted by Gasteiger charge is 2.24. The maximum absolute atomic E-state index is 12.3. The predicted molar refractivity (Wildman–Crippen MR) is 91.4 cm³/mol. The number of amides is 2. The monoisotopic (exact) mass is 334 g/mol. The fraction of sp³-hybridized carbons (Fsp3) is 0.500. The van der Waals surface area contributed by atoms with Crippen molar-refractivity contribution in [3.63, 3.8) is 0 Å². The van der Waals surface area contributed by atoms with Gasteiger partial charge >= 0.3 is 5.97 Å². The minimum absolute atomic E-state index is 0.0831. The third-order valence-electron chi connectivity index (χ3n) is 3.27. The van der Waals surface area contributed by atoms with Crippen LogP contribution in [0.2, 0.25) is 0 Å². The van der Waals surface area contributed by atoms with E-state index in [1.165, 1.54) is 0 Å². The van der Waals surface area contributed by atoms with Crippen LogP contribution in [0.4, 0.5) is 0 Å². The lowest BCUT2D eigenvalue weighted by Crippen LogP contribution is -2.50. The van der Waals surface area contributed by atoms with Gasteiger partial charge in [-0.1, -0.05) is 32.0 Å². The number of benzene rings is 1. The minimum Gasteiger partial charge on any atom is -0.463 e. The van der Waals surface area contributed by atoms with E-state index in [0.717, 1.165) is 0 Å². The summed E-state index contributed by atoms with van der Waals surface area (Å²) >= 11 is 0. The zero-order valence-electron chi connectivity index (χ0n) is 14.7. The third kappa shape index (κ3) is 6.81. The molecule has 0 spiro atoms. The summed E-state index contributed by atoms with van der Waals surface area (Å²) in [6.45, 7) is 7.41. The van der Waals surface area contributed by atoms with Crippen LogP contribution in [0, 0.1) is 5.92 Å². The second-order valence-electron chi connectivity index (χ2n) is 6.14. The Morgan fingerprint density at radius 1 is 1.04 bits per heavy atom. The summed E-state index contributed by atoms with van der Waals surface area (Å²) < 4.78 is 5.00. The van der Waals surface area contributed by atoms with Crippen molar-refractivity contribution in [3.8, 4) is 0 Å². The smallest absolute Gasteiger partial charge is 0.307 e. The lowest BCUT2D eigenvalue weighted by molar-refractivity contribution is -0.147. The molecule has 0 heterocycles. The fourth-order valence-corrected chi connectivity index (χ4v) is 2.07. The standard InChI is InChI=1S/C18H26N2O4/c1-12(2)16(20-17(22)14-8-6-5-7-9-14)18(23)19-11-10-15(21)24-13(3)4/h5-9,12-13,16H,10-11H2,1-4H3,(H,19,23)(H,20,22). The van der Waals surface area contributed by atoms with E-state index in [9.17, 15) is 14.4 Å². The lowest BCUT2D eigenvalue weighted by Gasteiger charge is -2.21. The van der Waals surface area contributed by atoms with Crippen LogP contribution in [-0.2, 0) is 14.3 Å².